The monoisotopic (exact) mass is 342 g/mol. The Labute approximate surface area is 127 Å². The molecule has 0 saturated carbocycles. The molecule has 1 aliphatic heterocycles. The van der Waals surface area contributed by atoms with Crippen LogP contribution in [0.4, 0.5) is 0 Å². The first-order chi connectivity index (χ1) is 9.28. The molecule has 0 amide bonds. The minimum absolute atomic E-state index is 0.0229. The lowest BCUT2D eigenvalue weighted by Crippen LogP contribution is -2.24. The number of hydrogen-bond donors (Lipinski definition) is 1. The van der Waals surface area contributed by atoms with Crippen molar-refractivity contribution in [2.75, 3.05) is 6.61 Å². The minimum atomic E-state index is -0.989. The molecule has 20 heavy (non-hydrogen) atoms. The Bertz CT molecular complexity index is 525. The van der Waals surface area contributed by atoms with E-state index in [0.29, 0.717) is 12.4 Å². The fourth-order valence-electron chi connectivity index (χ4n) is 2.45. The van der Waals surface area contributed by atoms with Gasteiger partial charge in [0, 0.05) is 4.47 Å². The van der Waals surface area contributed by atoms with E-state index in [1.54, 1.807) is 6.07 Å². The van der Waals surface area contributed by atoms with Crippen molar-refractivity contribution in [3.8, 4) is 5.75 Å². The summed E-state index contributed by atoms with van der Waals surface area (Å²) >= 11 is 3.30. The zero-order valence-electron chi connectivity index (χ0n) is 11.9. The molecule has 1 N–H and O–H groups in total. The topological polar surface area (TPSA) is 55.8 Å². The van der Waals surface area contributed by atoms with Crippen LogP contribution in [0.25, 0.3) is 0 Å². The standard InChI is InChI=1S/C15H19BrO4/c1-9-6-10(16)7-12(14(17)18)13(9)19-8-11-4-5-15(2,3)20-11/h6-7,11H,4-5,8H2,1-3H3,(H,17,18). The highest BCUT2D eigenvalue weighted by atomic mass is 79.9. The van der Waals surface area contributed by atoms with Gasteiger partial charge in [-0.3, -0.25) is 0 Å². The fourth-order valence-corrected chi connectivity index (χ4v) is 3.02. The second-order valence-corrected chi connectivity index (χ2v) is 6.67. The predicted octanol–water partition coefficient (Wildman–Crippen LogP) is 3.79. The molecule has 4 nitrogen and oxygen atoms in total. The van der Waals surface area contributed by atoms with E-state index < -0.39 is 5.97 Å². The molecule has 2 rings (SSSR count). The average molecular weight is 343 g/mol. The van der Waals surface area contributed by atoms with Crippen LogP contribution in [0.2, 0.25) is 0 Å². The summed E-state index contributed by atoms with van der Waals surface area (Å²) in [6, 6.07) is 3.41. The largest absolute Gasteiger partial charge is 0.490 e. The summed E-state index contributed by atoms with van der Waals surface area (Å²) in [5.74, 6) is -0.564. The highest BCUT2D eigenvalue weighted by Gasteiger charge is 2.32. The lowest BCUT2D eigenvalue weighted by atomic mass is 10.1. The van der Waals surface area contributed by atoms with Crippen LogP contribution in [-0.2, 0) is 4.74 Å². The van der Waals surface area contributed by atoms with E-state index in [2.05, 4.69) is 29.8 Å². The molecule has 0 aliphatic carbocycles. The summed E-state index contributed by atoms with van der Waals surface area (Å²) < 4.78 is 12.3. The summed E-state index contributed by atoms with van der Waals surface area (Å²) in [4.78, 5) is 11.3. The van der Waals surface area contributed by atoms with Crippen LogP contribution in [0, 0.1) is 6.92 Å². The summed E-state index contributed by atoms with van der Waals surface area (Å²) in [6.07, 6.45) is 1.95. The van der Waals surface area contributed by atoms with Crippen molar-refractivity contribution in [3.63, 3.8) is 0 Å². The molecule has 1 aromatic carbocycles. The zero-order valence-corrected chi connectivity index (χ0v) is 13.5. The van der Waals surface area contributed by atoms with Crippen molar-refractivity contribution >= 4 is 21.9 Å². The van der Waals surface area contributed by atoms with E-state index in [1.807, 2.05) is 13.0 Å². The number of aromatic carboxylic acids is 1. The van der Waals surface area contributed by atoms with Crippen LogP contribution in [-0.4, -0.2) is 29.4 Å². The second kappa shape index (κ2) is 5.74. The molecular formula is C15H19BrO4. The van der Waals surface area contributed by atoms with Gasteiger partial charge in [0.15, 0.2) is 0 Å². The van der Waals surface area contributed by atoms with Gasteiger partial charge in [-0.1, -0.05) is 15.9 Å². The SMILES string of the molecule is Cc1cc(Br)cc(C(=O)O)c1OCC1CCC(C)(C)O1. The first kappa shape index (κ1) is 15.3. The number of carboxylic acid groups (broad SMARTS) is 1. The number of hydrogen-bond acceptors (Lipinski definition) is 3. The number of halogens is 1. The number of carboxylic acids is 1. The van der Waals surface area contributed by atoms with Gasteiger partial charge in [-0.2, -0.15) is 0 Å². The van der Waals surface area contributed by atoms with Gasteiger partial charge in [-0.05, 0) is 51.3 Å². The quantitative estimate of drug-likeness (QED) is 0.904. The third-order valence-corrected chi connectivity index (χ3v) is 3.90. The third kappa shape index (κ3) is 3.52. The minimum Gasteiger partial charge on any atom is -0.490 e. The highest BCUT2D eigenvalue weighted by molar-refractivity contribution is 9.10. The van der Waals surface area contributed by atoms with Gasteiger partial charge in [0.25, 0.3) is 0 Å². The van der Waals surface area contributed by atoms with Gasteiger partial charge in [-0.15, -0.1) is 0 Å². The Hall–Kier alpha value is -1.07. The van der Waals surface area contributed by atoms with Crippen molar-refractivity contribution < 1.29 is 19.4 Å². The number of carbonyl (C=O) groups is 1. The zero-order chi connectivity index (χ0) is 14.9. The molecule has 0 radical (unpaired) electrons. The average Bonchev–Trinajstić information content (AvgIpc) is 2.66. The maximum absolute atomic E-state index is 11.3. The Morgan fingerprint density at radius 2 is 2.25 bits per heavy atom. The smallest absolute Gasteiger partial charge is 0.339 e. The Morgan fingerprint density at radius 3 is 2.80 bits per heavy atom. The van der Waals surface area contributed by atoms with Crippen molar-refractivity contribution in [1.82, 2.24) is 0 Å². The van der Waals surface area contributed by atoms with Crippen molar-refractivity contribution in [2.45, 2.75) is 45.3 Å². The molecule has 0 spiro atoms. The molecular weight excluding hydrogens is 324 g/mol. The van der Waals surface area contributed by atoms with Gasteiger partial charge in [-0.25, -0.2) is 4.79 Å². The van der Waals surface area contributed by atoms with Crippen LogP contribution >= 0.6 is 15.9 Å². The maximum Gasteiger partial charge on any atom is 0.339 e. The Kier molecular flexibility index (Phi) is 4.39. The maximum atomic E-state index is 11.3. The molecule has 1 aliphatic rings. The summed E-state index contributed by atoms with van der Waals surface area (Å²) in [5.41, 5.74) is 0.862. The van der Waals surface area contributed by atoms with Gasteiger partial charge in [0.05, 0.1) is 11.7 Å². The lowest BCUT2D eigenvalue weighted by Gasteiger charge is -2.20. The van der Waals surface area contributed by atoms with Crippen molar-refractivity contribution in [3.05, 3.63) is 27.7 Å². The van der Waals surface area contributed by atoms with Crippen molar-refractivity contribution in [1.29, 1.82) is 0 Å². The lowest BCUT2D eigenvalue weighted by molar-refractivity contribution is -0.0328. The van der Waals surface area contributed by atoms with Gasteiger partial charge in [0.1, 0.15) is 17.9 Å². The molecule has 110 valence electrons. The van der Waals surface area contributed by atoms with E-state index in [-0.39, 0.29) is 17.3 Å². The van der Waals surface area contributed by atoms with E-state index in [1.165, 1.54) is 0 Å². The summed E-state index contributed by atoms with van der Waals surface area (Å²) in [6.45, 7) is 6.33. The van der Waals surface area contributed by atoms with Crippen LogP contribution in [0.3, 0.4) is 0 Å². The summed E-state index contributed by atoms with van der Waals surface area (Å²) in [7, 11) is 0. The third-order valence-electron chi connectivity index (χ3n) is 3.44. The molecule has 1 heterocycles. The number of aryl methyl sites for hydroxylation is 1. The van der Waals surface area contributed by atoms with Crippen molar-refractivity contribution in [2.24, 2.45) is 0 Å². The van der Waals surface area contributed by atoms with E-state index in [4.69, 9.17) is 9.47 Å². The number of rotatable bonds is 4. The molecule has 1 unspecified atom stereocenters. The molecule has 1 saturated heterocycles. The van der Waals surface area contributed by atoms with E-state index >= 15 is 0 Å². The first-order valence-electron chi connectivity index (χ1n) is 6.62. The van der Waals surface area contributed by atoms with Crippen LogP contribution in [0.5, 0.6) is 5.75 Å². The normalized spacial score (nSPS) is 20.9. The first-order valence-corrected chi connectivity index (χ1v) is 7.42. The van der Waals surface area contributed by atoms with Crippen LogP contribution < -0.4 is 4.74 Å². The Balaban J connectivity index is 2.12. The molecule has 1 aromatic rings. The molecule has 1 atom stereocenters. The van der Waals surface area contributed by atoms with E-state index in [9.17, 15) is 9.90 Å². The van der Waals surface area contributed by atoms with Gasteiger partial charge < -0.3 is 14.6 Å². The van der Waals surface area contributed by atoms with Gasteiger partial charge in [0.2, 0.25) is 0 Å². The second-order valence-electron chi connectivity index (χ2n) is 5.75. The molecule has 0 bridgehead atoms. The van der Waals surface area contributed by atoms with Crippen LogP contribution in [0.1, 0.15) is 42.6 Å². The van der Waals surface area contributed by atoms with E-state index in [0.717, 1.165) is 22.9 Å². The van der Waals surface area contributed by atoms with Gasteiger partial charge >= 0.3 is 5.97 Å². The van der Waals surface area contributed by atoms with Crippen LogP contribution in [0.15, 0.2) is 16.6 Å². The molecule has 0 aromatic heterocycles. The number of ether oxygens (including phenoxy) is 2. The predicted molar refractivity (Wildman–Crippen MR) is 79.5 cm³/mol. The fraction of sp³-hybridized carbons (Fsp3) is 0.533. The summed E-state index contributed by atoms with van der Waals surface area (Å²) in [5, 5.41) is 9.26. The molecule has 1 fully saturated rings. The highest BCUT2D eigenvalue weighted by Crippen LogP contribution is 2.32. The Morgan fingerprint density at radius 1 is 1.55 bits per heavy atom. The number of benzene rings is 1. The molecule has 5 heteroatoms.